The van der Waals surface area contributed by atoms with Crippen molar-refractivity contribution in [3.63, 3.8) is 0 Å². The molecule has 11 heteroatoms. The molecule has 0 spiro atoms. The first-order valence-electron chi connectivity index (χ1n) is 11.3. The van der Waals surface area contributed by atoms with E-state index in [1.54, 1.807) is 0 Å². The lowest BCUT2D eigenvalue weighted by Gasteiger charge is -2.26. The van der Waals surface area contributed by atoms with Gasteiger partial charge < -0.3 is 14.8 Å². The second-order valence-electron chi connectivity index (χ2n) is 8.33. The topological polar surface area (TPSA) is 84.9 Å². The Morgan fingerprint density at radius 2 is 1.66 bits per heavy atom. The fourth-order valence-electron chi connectivity index (χ4n) is 4.08. The van der Waals surface area contributed by atoms with Gasteiger partial charge in [-0.3, -0.25) is 9.10 Å². The van der Waals surface area contributed by atoms with Gasteiger partial charge in [-0.2, -0.15) is 13.2 Å². The van der Waals surface area contributed by atoms with Gasteiger partial charge >= 0.3 is 6.18 Å². The van der Waals surface area contributed by atoms with Crippen LogP contribution in [-0.2, 0) is 21.0 Å². The van der Waals surface area contributed by atoms with Crippen molar-refractivity contribution in [3.8, 4) is 11.5 Å². The number of anilines is 1. The van der Waals surface area contributed by atoms with Gasteiger partial charge in [0, 0.05) is 12.1 Å². The SMILES string of the molecule is COc1ccc(S(=O)(=O)N(CC(=O)NC2CCCCCC2)c2cccc(C(F)(F)F)c2)cc1OC. The van der Waals surface area contributed by atoms with Gasteiger partial charge in [-0.25, -0.2) is 8.42 Å². The number of methoxy groups -OCH3 is 2. The molecular weight excluding hydrogens is 485 g/mol. The molecule has 0 saturated heterocycles. The van der Waals surface area contributed by atoms with Gasteiger partial charge in [-0.15, -0.1) is 0 Å². The molecule has 0 bridgehead atoms. The molecule has 1 aliphatic rings. The van der Waals surface area contributed by atoms with Crippen LogP contribution < -0.4 is 19.1 Å². The highest BCUT2D eigenvalue weighted by molar-refractivity contribution is 7.92. The zero-order valence-electron chi connectivity index (χ0n) is 19.6. The summed E-state index contributed by atoms with van der Waals surface area (Å²) in [5.74, 6) is -0.179. The Bertz CT molecular complexity index is 1130. The number of alkyl halides is 3. The molecule has 0 heterocycles. The number of hydrogen-bond donors (Lipinski definition) is 1. The van der Waals surface area contributed by atoms with E-state index < -0.39 is 34.2 Å². The molecule has 0 aromatic heterocycles. The minimum Gasteiger partial charge on any atom is -0.493 e. The van der Waals surface area contributed by atoms with Crippen LogP contribution in [0.25, 0.3) is 0 Å². The fourth-order valence-corrected chi connectivity index (χ4v) is 5.51. The molecule has 3 rings (SSSR count). The van der Waals surface area contributed by atoms with E-state index in [0.717, 1.165) is 56.7 Å². The van der Waals surface area contributed by atoms with Crippen molar-refractivity contribution in [2.24, 2.45) is 0 Å². The van der Waals surface area contributed by atoms with E-state index in [1.807, 2.05) is 0 Å². The summed E-state index contributed by atoms with van der Waals surface area (Å²) < 4.78 is 78.3. The smallest absolute Gasteiger partial charge is 0.416 e. The van der Waals surface area contributed by atoms with Crippen molar-refractivity contribution in [1.82, 2.24) is 5.32 Å². The zero-order valence-corrected chi connectivity index (χ0v) is 20.4. The minimum atomic E-state index is -4.68. The summed E-state index contributed by atoms with van der Waals surface area (Å²) in [6, 6.07) is 7.63. The van der Waals surface area contributed by atoms with Crippen LogP contribution in [0.3, 0.4) is 0 Å². The van der Waals surface area contributed by atoms with Gasteiger partial charge in [0.25, 0.3) is 10.0 Å². The van der Waals surface area contributed by atoms with E-state index in [0.29, 0.717) is 4.31 Å². The highest BCUT2D eigenvalue weighted by Gasteiger charge is 2.34. The van der Waals surface area contributed by atoms with E-state index in [4.69, 9.17) is 9.47 Å². The molecule has 1 saturated carbocycles. The van der Waals surface area contributed by atoms with Crippen LogP contribution in [-0.4, -0.2) is 41.1 Å². The van der Waals surface area contributed by atoms with Gasteiger partial charge in [-0.1, -0.05) is 31.7 Å². The Balaban J connectivity index is 2.00. The van der Waals surface area contributed by atoms with E-state index in [-0.39, 0.29) is 28.1 Å². The molecule has 1 N–H and O–H groups in total. The molecule has 1 aliphatic carbocycles. The minimum absolute atomic E-state index is 0.0999. The highest BCUT2D eigenvalue weighted by Crippen LogP contribution is 2.35. The number of nitrogens with one attached hydrogen (secondary N) is 1. The molecule has 1 amide bonds. The monoisotopic (exact) mass is 514 g/mol. The first-order valence-corrected chi connectivity index (χ1v) is 12.7. The van der Waals surface area contributed by atoms with Crippen LogP contribution in [0, 0.1) is 0 Å². The summed E-state index contributed by atoms with van der Waals surface area (Å²) in [6.45, 7) is -0.672. The predicted octanol–water partition coefficient (Wildman–Crippen LogP) is 4.76. The summed E-state index contributed by atoms with van der Waals surface area (Å²) in [5.41, 5.74) is -1.29. The highest BCUT2D eigenvalue weighted by atomic mass is 32.2. The van der Waals surface area contributed by atoms with Gasteiger partial charge in [-0.05, 0) is 43.2 Å². The number of carbonyl (C=O) groups excluding carboxylic acids is 1. The van der Waals surface area contributed by atoms with E-state index in [9.17, 15) is 26.4 Å². The second kappa shape index (κ2) is 11.2. The maximum absolute atomic E-state index is 13.6. The van der Waals surface area contributed by atoms with Crippen LogP contribution in [0.5, 0.6) is 11.5 Å². The Labute approximate surface area is 203 Å². The van der Waals surface area contributed by atoms with Gasteiger partial charge in [0.1, 0.15) is 6.54 Å². The number of benzene rings is 2. The number of sulfonamides is 1. The van der Waals surface area contributed by atoms with Crippen molar-refractivity contribution < 1.29 is 35.9 Å². The Morgan fingerprint density at radius 1 is 1.00 bits per heavy atom. The molecule has 2 aromatic carbocycles. The third kappa shape index (κ3) is 6.59. The maximum Gasteiger partial charge on any atom is 0.416 e. The summed E-state index contributed by atoms with van der Waals surface area (Å²) in [5, 5.41) is 2.86. The normalized spacial score (nSPS) is 15.2. The molecule has 35 heavy (non-hydrogen) atoms. The molecule has 0 aliphatic heterocycles. The molecular formula is C24H29F3N2O5S. The average Bonchev–Trinajstić information content (AvgIpc) is 3.10. The number of carbonyl (C=O) groups is 1. The summed E-state index contributed by atoms with van der Waals surface area (Å²) in [6.07, 6.45) is 0.901. The van der Waals surface area contributed by atoms with Gasteiger partial charge in [0.05, 0.1) is 30.4 Å². The lowest BCUT2D eigenvalue weighted by atomic mass is 10.1. The van der Waals surface area contributed by atoms with Crippen molar-refractivity contribution in [3.05, 3.63) is 48.0 Å². The number of nitrogens with zero attached hydrogens (tertiary/aromatic N) is 1. The summed E-state index contributed by atoms with van der Waals surface area (Å²) in [4.78, 5) is 12.7. The largest absolute Gasteiger partial charge is 0.493 e. The Kier molecular flexibility index (Phi) is 8.52. The van der Waals surface area contributed by atoms with E-state index in [1.165, 1.54) is 38.5 Å². The number of rotatable bonds is 8. The quantitative estimate of drug-likeness (QED) is 0.514. The van der Waals surface area contributed by atoms with Crippen molar-refractivity contribution in [1.29, 1.82) is 0 Å². The van der Waals surface area contributed by atoms with Crippen molar-refractivity contribution in [2.75, 3.05) is 25.1 Å². The second-order valence-corrected chi connectivity index (χ2v) is 10.2. The first-order chi connectivity index (χ1) is 16.6. The molecule has 0 radical (unpaired) electrons. The van der Waals surface area contributed by atoms with Crippen LogP contribution in [0.2, 0.25) is 0 Å². The van der Waals surface area contributed by atoms with Crippen molar-refractivity contribution in [2.45, 2.75) is 55.6 Å². The molecule has 1 fully saturated rings. The lowest BCUT2D eigenvalue weighted by molar-refractivity contribution is -0.137. The van der Waals surface area contributed by atoms with Crippen LogP contribution >= 0.6 is 0 Å². The van der Waals surface area contributed by atoms with Gasteiger partial charge in [0.2, 0.25) is 5.91 Å². The Morgan fingerprint density at radius 3 is 2.26 bits per heavy atom. The summed E-state index contributed by atoms with van der Waals surface area (Å²) in [7, 11) is -1.73. The number of ether oxygens (including phenoxy) is 2. The lowest BCUT2D eigenvalue weighted by Crippen LogP contribution is -2.44. The third-order valence-corrected chi connectivity index (χ3v) is 7.68. The Hall–Kier alpha value is -2.95. The molecule has 2 aromatic rings. The van der Waals surface area contributed by atoms with Crippen LogP contribution in [0.1, 0.15) is 44.1 Å². The van der Waals surface area contributed by atoms with Crippen molar-refractivity contribution >= 4 is 21.6 Å². The van der Waals surface area contributed by atoms with E-state index >= 15 is 0 Å². The molecule has 0 atom stereocenters. The molecule has 192 valence electrons. The average molecular weight is 515 g/mol. The summed E-state index contributed by atoms with van der Waals surface area (Å²) >= 11 is 0. The van der Waals surface area contributed by atoms with E-state index in [2.05, 4.69) is 5.32 Å². The number of amides is 1. The number of halogens is 3. The standard InChI is InChI=1S/C24H29F3N2O5S/c1-33-21-13-12-20(15-22(21)34-2)35(31,32)29(19-11-7-8-17(14-19)24(25,26)27)16-23(30)28-18-9-5-3-4-6-10-18/h7-8,11-15,18H,3-6,9-10,16H2,1-2H3,(H,28,30). The van der Waals surface area contributed by atoms with Gasteiger partial charge in [0.15, 0.2) is 11.5 Å². The molecule has 7 nitrogen and oxygen atoms in total. The molecule has 0 unspecified atom stereocenters. The zero-order chi connectivity index (χ0) is 25.6. The third-order valence-electron chi connectivity index (χ3n) is 5.91. The van der Waals surface area contributed by atoms with Crippen LogP contribution in [0.4, 0.5) is 18.9 Å². The van der Waals surface area contributed by atoms with Crippen LogP contribution in [0.15, 0.2) is 47.4 Å². The maximum atomic E-state index is 13.6. The predicted molar refractivity (Wildman–Crippen MR) is 125 cm³/mol. The fraction of sp³-hybridized carbons (Fsp3) is 0.458. The number of hydrogen-bond acceptors (Lipinski definition) is 5. The first kappa shape index (κ1) is 26.7.